The van der Waals surface area contributed by atoms with Gasteiger partial charge in [0.15, 0.2) is 6.10 Å². The number of hydrogen-bond acceptors (Lipinski definition) is 6. The van der Waals surface area contributed by atoms with Gasteiger partial charge in [-0.1, -0.05) is 280 Å². The zero-order valence-electron chi connectivity index (χ0n) is 48.4. The van der Waals surface area contributed by atoms with Gasteiger partial charge in [-0.15, -0.1) is 0 Å². The molecule has 0 spiro atoms. The Bertz CT molecular complexity index is 1360. The Morgan fingerprint density at radius 1 is 0.288 bits per heavy atom. The highest BCUT2D eigenvalue weighted by Crippen LogP contribution is 2.17. The first kappa shape index (κ1) is 69.8. The smallest absolute Gasteiger partial charge is 0.306 e. The number of rotatable bonds is 57. The molecule has 0 saturated carbocycles. The predicted octanol–water partition coefficient (Wildman–Crippen LogP) is 21.3. The van der Waals surface area contributed by atoms with Crippen molar-refractivity contribution in [1.29, 1.82) is 0 Å². The van der Waals surface area contributed by atoms with Crippen LogP contribution in [0.2, 0.25) is 0 Å². The zero-order valence-corrected chi connectivity index (χ0v) is 48.4. The molecule has 6 nitrogen and oxygen atoms in total. The van der Waals surface area contributed by atoms with Gasteiger partial charge in [0.1, 0.15) is 13.2 Å². The van der Waals surface area contributed by atoms with E-state index in [1.807, 2.05) is 0 Å². The van der Waals surface area contributed by atoms with Crippen molar-refractivity contribution in [3.63, 3.8) is 0 Å². The number of allylic oxidation sites excluding steroid dienone is 12. The lowest BCUT2D eigenvalue weighted by atomic mass is 10.0. The first-order valence-corrected chi connectivity index (χ1v) is 31.4. The van der Waals surface area contributed by atoms with E-state index in [0.29, 0.717) is 19.3 Å². The van der Waals surface area contributed by atoms with E-state index in [2.05, 4.69) is 93.7 Å². The van der Waals surface area contributed by atoms with E-state index in [4.69, 9.17) is 14.2 Å². The van der Waals surface area contributed by atoms with Crippen molar-refractivity contribution < 1.29 is 28.6 Å². The van der Waals surface area contributed by atoms with Gasteiger partial charge in [-0.25, -0.2) is 0 Å². The summed E-state index contributed by atoms with van der Waals surface area (Å²) in [6.45, 7) is 6.52. The molecule has 0 saturated heterocycles. The summed E-state index contributed by atoms with van der Waals surface area (Å²) >= 11 is 0. The number of esters is 3. The number of unbranched alkanes of at least 4 members (excludes halogenated alkanes) is 34. The molecule has 0 aliphatic heterocycles. The molecule has 0 aromatic heterocycles. The second kappa shape index (κ2) is 61.4. The minimum atomic E-state index is -0.790. The fraction of sp³-hybridized carbons (Fsp3) is 0.776. The van der Waals surface area contributed by atoms with Gasteiger partial charge in [0.2, 0.25) is 0 Å². The third-order valence-electron chi connectivity index (χ3n) is 13.7. The second-order valence-electron chi connectivity index (χ2n) is 20.9. The molecule has 0 aliphatic rings. The van der Waals surface area contributed by atoms with Crippen molar-refractivity contribution in [1.82, 2.24) is 0 Å². The number of carbonyl (C=O) groups is 3. The lowest BCUT2D eigenvalue weighted by molar-refractivity contribution is -0.167. The quantitative estimate of drug-likeness (QED) is 0.0261. The fourth-order valence-corrected chi connectivity index (χ4v) is 9.00. The minimum Gasteiger partial charge on any atom is -0.462 e. The Kier molecular flexibility index (Phi) is 58.7. The summed E-state index contributed by atoms with van der Waals surface area (Å²) in [4.78, 5) is 38.3. The lowest BCUT2D eigenvalue weighted by Crippen LogP contribution is -2.30. The molecule has 0 aromatic carbocycles. The van der Waals surface area contributed by atoms with E-state index in [1.54, 1.807) is 0 Å². The normalized spacial score (nSPS) is 12.5. The molecule has 6 heteroatoms. The molecule has 422 valence electrons. The van der Waals surface area contributed by atoms with Gasteiger partial charge in [0, 0.05) is 19.3 Å². The zero-order chi connectivity index (χ0) is 52.9. The maximum atomic E-state index is 12.9. The standard InChI is InChI=1S/C67H118O6/c1-4-7-10-13-16-19-22-25-27-29-31-32-33-34-36-37-39-42-45-48-51-54-57-60-66(69)72-63-64(62-71-65(68)59-56-53-50-47-44-41-24-21-18-15-12-9-6-3)73-67(70)61-58-55-52-49-46-43-40-38-35-30-28-26-23-20-17-14-11-8-5-2/h9,12,18,21-22,25,29,31,33-34,41,44,64H,4-8,10-11,13-17,19-20,23-24,26-28,30,32,35-40,42-43,45-63H2,1-3H3/b12-9-,21-18-,25-22-,31-29-,34-33-,44-41-. The van der Waals surface area contributed by atoms with E-state index in [0.717, 1.165) is 103 Å². The third kappa shape index (κ3) is 59.6. The Morgan fingerprint density at radius 2 is 0.534 bits per heavy atom. The molecule has 73 heavy (non-hydrogen) atoms. The minimum absolute atomic E-state index is 0.0865. The van der Waals surface area contributed by atoms with Crippen molar-refractivity contribution >= 4 is 17.9 Å². The van der Waals surface area contributed by atoms with Gasteiger partial charge in [0.25, 0.3) is 0 Å². The average molecular weight is 1020 g/mol. The Morgan fingerprint density at radius 3 is 0.849 bits per heavy atom. The highest BCUT2D eigenvalue weighted by Gasteiger charge is 2.19. The van der Waals surface area contributed by atoms with Gasteiger partial charge in [0.05, 0.1) is 0 Å². The Labute approximate surface area is 453 Å². The molecule has 0 aliphatic carbocycles. The molecular formula is C67H118O6. The van der Waals surface area contributed by atoms with Crippen LogP contribution in [0, 0.1) is 0 Å². The second-order valence-corrected chi connectivity index (χ2v) is 20.9. The van der Waals surface area contributed by atoms with Crippen LogP contribution < -0.4 is 0 Å². The van der Waals surface area contributed by atoms with Crippen LogP contribution in [0.3, 0.4) is 0 Å². The first-order valence-electron chi connectivity index (χ1n) is 31.4. The number of hydrogen-bond donors (Lipinski definition) is 0. The highest BCUT2D eigenvalue weighted by molar-refractivity contribution is 5.71. The highest BCUT2D eigenvalue weighted by atomic mass is 16.6. The van der Waals surface area contributed by atoms with Crippen molar-refractivity contribution in [2.75, 3.05) is 13.2 Å². The summed E-state index contributed by atoms with van der Waals surface area (Å²) < 4.78 is 16.9. The molecule has 0 amide bonds. The SMILES string of the molecule is CC/C=C\C/C=C\C/C=C\CCCCCC(=O)OCC(COC(=O)CCCCCCCCCC/C=C\C/C=C\C/C=C\CCCCCCC)OC(=O)CCCCCCCCCCCCCCCCCCCCC. The van der Waals surface area contributed by atoms with Crippen molar-refractivity contribution in [3.05, 3.63) is 72.9 Å². The summed E-state index contributed by atoms with van der Waals surface area (Å²) in [5.41, 5.74) is 0. The summed E-state index contributed by atoms with van der Waals surface area (Å²) in [7, 11) is 0. The van der Waals surface area contributed by atoms with E-state index < -0.39 is 6.10 Å². The van der Waals surface area contributed by atoms with Crippen LogP contribution in [0.4, 0.5) is 0 Å². The first-order chi connectivity index (χ1) is 36.0. The topological polar surface area (TPSA) is 78.9 Å². The number of ether oxygens (including phenoxy) is 3. The monoisotopic (exact) mass is 1020 g/mol. The van der Waals surface area contributed by atoms with Gasteiger partial charge in [-0.2, -0.15) is 0 Å². The molecule has 0 radical (unpaired) electrons. The summed E-state index contributed by atoms with van der Waals surface area (Å²) in [5.74, 6) is -0.909. The Hall–Kier alpha value is -3.15. The van der Waals surface area contributed by atoms with Crippen LogP contribution in [0.1, 0.15) is 316 Å². The third-order valence-corrected chi connectivity index (χ3v) is 13.7. The maximum absolute atomic E-state index is 12.9. The Balaban J connectivity index is 4.34. The van der Waals surface area contributed by atoms with Crippen LogP contribution in [0.25, 0.3) is 0 Å². The van der Waals surface area contributed by atoms with E-state index in [9.17, 15) is 14.4 Å². The summed E-state index contributed by atoms with van der Waals surface area (Å²) in [6.07, 6.45) is 79.1. The molecule has 0 N–H and O–H groups in total. The van der Waals surface area contributed by atoms with Crippen LogP contribution in [-0.4, -0.2) is 37.2 Å². The van der Waals surface area contributed by atoms with E-state index >= 15 is 0 Å². The summed E-state index contributed by atoms with van der Waals surface area (Å²) in [6, 6.07) is 0. The molecular weight excluding hydrogens is 901 g/mol. The number of carbonyl (C=O) groups excluding carboxylic acids is 3. The van der Waals surface area contributed by atoms with Crippen LogP contribution in [0.5, 0.6) is 0 Å². The molecule has 0 aromatic rings. The molecule has 0 rings (SSSR count). The molecule has 1 unspecified atom stereocenters. The van der Waals surface area contributed by atoms with Crippen LogP contribution in [-0.2, 0) is 28.6 Å². The van der Waals surface area contributed by atoms with Gasteiger partial charge in [-0.05, 0) is 89.9 Å². The van der Waals surface area contributed by atoms with Crippen LogP contribution in [0.15, 0.2) is 72.9 Å². The van der Waals surface area contributed by atoms with Crippen molar-refractivity contribution in [2.24, 2.45) is 0 Å². The van der Waals surface area contributed by atoms with Crippen molar-refractivity contribution in [2.45, 2.75) is 322 Å². The van der Waals surface area contributed by atoms with Gasteiger partial charge >= 0.3 is 17.9 Å². The predicted molar refractivity (Wildman–Crippen MR) is 316 cm³/mol. The van der Waals surface area contributed by atoms with Gasteiger partial charge in [-0.3, -0.25) is 14.4 Å². The summed E-state index contributed by atoms with van der Waals surface area (Å²) in [5, 5.41) is 0. The van der Waals surface area contributed by atoms with Crippen molar-refractivity contribution in [3.8, 4) is 0 Å². The largest absolute Gasteiger partial charge is 0.462 e. The van der Waals surface area contributed by atoms with E-state index in [1.165, 1.54) is 173 Å². The fourth-order valence-electron chi connectivity index (χ4n) is 9.00. The lowest BCUT2D eigenvalue weighted by Gasteiger charge is -2.18. The average Bonchev–Trinajstić information content (AvgIpc) is 3.39. The van der Waals surface area contributed by atoms with Crippen LogP contribution >= 0.6 is 0 Å². The molecule has 0 fully saturated rings. The molecule has 0 heterocycles. The molecule has 0 bridgehead atoms. The maximum Gasteiger partial charge on any atom is 0.306 e. The molecule has 1 atom stereocenters. The van der Waals surface area contributed by atoms with E-state index in [-0.39, 0.29) is 31.1 Å². The van der Waals surface area contributed by atoms with Gasteiger partial charge < -0.3 is 14.2 Å².